The Morgan fingerprint density at radius 1 is 0.929 bits per heavy atom. The van der Waals surface area contributed by atoms with Gasteiger partial charge in [0.05, 0.1) is 21.3 Å². The lowest BCUT2D eigenvalue weighted by Gasteiger charge is -2.32. The number of likely N-dealkylation sites (tertiary alicyclic amines) is 1. The highest BCUT2D eigenvalue weighted by Crippen LogP contribution is 2.38. The van der Waals surface area contributed by atoms with E-state index in [-0.39, 0.29) is 17.6 Å². The summed E-state index contributed by atoms with van der Waals surface area (Å²) in [6.07, 6.45) is 1.58. The lowest BCUT2D eigenvalue weighted by Crippen LogP contribution is -2.42. The number of piperidine rings is 1. The van der Waals surface area contributed by atoms with Gasteiger partial charge in [-0.3, -0.25) is 9.59 Å². The number of nitrogens with zero attached hydrogens (tertiary/aromatic N) is 1. The van der Waals surface area contributed by atoms with Gasteiger partial charge >= 0.3 is 0 Å². The molecule has 28 heavy (non-hydrogen) atoms. The van der Waals surface area contributed by atoms with Crippen molar-refractivity contribution in [3.05, 3.63) is 53.6 Å². The van der Waals surface area contributed by atoms with Gasteiger partial charge in [0, 0.05) is 30.1 Å². The molecule has 0 saturated carbocycles. The fourth-order valence-corrected chi connectivity index (χ4v) is 3.60. The molecule has 0 bridgehead atoms. The standard InChI is InChI=1S/C22H25NO5/c1-26-18-12-17(13-19(27-2)21(18)28-3)22(25)23-11-7-10-16(14-23)20(24)15-8-5-4-6-9-15/h4-6,8-9,12-13,16H,7,10-11,14H2,1-3H3. The molecule has 2 aromatic rings. The summed E-state index contributed by atoms with van der Waals surface area (Å²) in [7, 11) is 4.55. The van der Waals surface area contributed by atoms with Gasteiger partial charge in [-0.25, -0.2) is 0 Å². The van der Waals surface area contributed by atoms with Crippen LogP contribution in [0, 0.1) is 5.92 Å². The average Bonchev–Trinajstić information content (AvgIpc) is 2.77. The molecule has 148 valence electrons. The summed E-state index contributed by atoms with van der Waals surface area (Å²) in [5.74, 6) is 1.05. The summed E-state index contributed by atoms with van der Waals surface area (Å²) in [4.78, 5) is 27.6. The molecule has 0 radical (unpaired) electrons. The van der Waals surface area contributed by atoms with Crippen LogP contribution in [0.25, 0.3) is 0 Å². The van der Waals surface area contributed by atoms with Crippen LogP contribution in [0.4, 0.5) is 0 Å². The van der Waals surface area contributed by atoms with Gasteiger partial charge in [-0.2, -0.15) is 0 Å². The quantitative estimate of drug-likeness (QED) is 0.715. The van der Waals surface area contributed by atoms with E-state index >= 15 is 0 Å². The SMILES string of the molecule is COc1cc(C(=O)N2CCCC(C(=O)c3ccccc3)C2)cc(OC)c1OC. The van der Waals surface area contributed by atoms with Crippen molar-refractivity contribution >= 4 is 11.7 Å². The molecule has 1 aliphatic rings. The van der Waals surface area contributed by atoms with Gasteiger partial charge < -0.3 is 19.1 Å². The first-order chi connectivity index (χ1) is 13.6. The predicted molar refractivity (Wildman–Crippen MR) is 105 cm³/mol. The van der Waals surface area contributed by atoms with Crippen LogP contribution in [0.3, 0.4) is 0 Å². The molecule has 1 fully saturated rings. The first kappa shape index (κ1) is 19.7. The summed E-state index contributed by atoms with van der Waals surface area (Å²) < 4.78 is 16.0. The highest BCUT2D eigenvalue weighted by atomic mass is 16.5. The van der Waals surface area contributed by atoms with E-state index in [4.69, 9.17) is 14.2 Å². The lowest BCUT2D eigenvalue weighted by atomic mass is 9.89. The third-order valence-electron chi connectivity index (χ3n) is 5.05. The van der Waals surface area contributed by atoms with Crippen molar-refractivity contribution in [1.82, 2.24) is 4.90 Å². The topological polar surface area (TPSA) is 65.1 Å². The number of carbonyl (C=O) groups is 2. The summed E-state index contributed by atoms with van der Waals surface area (Å²) in [5, 5.41) is 0. The molecular formula is C22H25NO5. The van der Waals surface area contributed by atoms with E-state index in [0.29, 0.717) is 41.5 Å². The number of rotatable bonds is 6. The molecule has 1 heterocycles. The zero-order valence-corrected chi connectivity index (χ0v) is 16.4. The number of hydrogen-bond donors (Lipinski definition) is 0. The molecule has 1 unspecified atom stereocenters. The third kappa shape index (κ3) is 3.96. The summed E-state index contributed by atoms with van der Waals surface area (Å²) in [6.45, 7) is 1.03. The Hall–Kier alpha value is -3.02. The van der Waals surface area contributed by atoms with Crippen molar-refractivity contribution in [1.29, 1.82) is 0 Å². The Kier molecular flexibility index (Phi) is 6.19. The monoisotopic (exact) mass is 383 g/mol. The minimum atomic E-state index is -0.192. The van der Waals surface area contributed by atoms with Gasteiger partial charge in [0.15, 0.2) is 17.3 Å². The zero-order chi connectivity index (χ0) is 20.1. The molecule has 0 aliphatic carbocycles. The maximum atomic E-state index is 13.1. The van der Waals surface area contributed by atoms with Crippen molar-refractivity contribution in [2.24, 2.45) is 5.92 Å². The molecule has 1 aliphatic heterocycles. The van der Waals surface area contributed by atoms with E-state index in [9.17, 15) is 9.59 Å². The molecule has 6 heteroatoms. The number of Topliss-reactive ketones (excluding diaryl/α,β-unsaturated/α-hetero) is 1. The van der Waals surface area contributed by atoms with Crippen LogP contribution in [0.2, 0.25) is 0 Å². The smallest absolute Gasteiger partial charge is 0.254 e. The Balaban J connectivity index is 1.81. The molecule has 1 saturated heterocycles. The van der Waals surface area contributed by atoms with Crippen LogP contribution in [0.1, 0.15) is 33.6 Å². The second-order valence-corrected chi connectivity index (χ2v) is 6.73. The number of ether oxygens (including phenoxy) is 3. The van der Waals surface area contributed by atoms with Crippen LogP contribution in [0.5, 0.6) is 17.2 Å². The minimum Gasteiger partial charge on any atom is -0.493 e. The molecule has 3 rings (SSSR count). The highest BCUT2D eigenvalue weighted by molar-refractivity contribution is 5.99. The number of carbonyl (C=O) groups excluding carboxylic acids is 2. The van der Waals surface area contributed by atoms with Crippen molar-refractivity contribution in [3.63, 3.8) is 0 Å². The molecule has 6 nitrogen and oxygen atoms in total. The fraction of sp³-hybridized carbons (Fsp3) is 0.364. The molecule has 0 N–H and O–H groups in total. The summed E-state index contributed by atoms with van der Waals surface area (Å²) >= 11 is 0. The van der Waals surface area contributed by atoms with Gasteiger partial charge in [-0.1, -0.05) is 30.3 Å². The van der Waals surface area contributed by atoms with Crippen molar-refractivity contribution in [2.45, 2.75) is 12.8 Å². The van der Waals surface area contributed by atoms with E-state index in [1.165, 1.54) is 21.3 Å². The van der Waals surface area contributed by atoms with E-state index in [1.54, 1.807) is 17.0 Å². The fourth-order valence-electron chi connectivity index (χ4n) is 3.60. The Morgan fingerprint density at radius 2 is 1.57 bits per heavy atom. The second kappa shape index (κ2) is 8.78. The Bertz CT molecular complexity index is 824. The van der Waals surface area contributed by atoms with E-state index < -0.39 is 0 Å². The maximum Gasteiger partial charge on any atom is 0.254 e. The van der Waals surface area contributed by atoms with Crippen LogP contribution in [-0.2, 0) is 0 Å². The lowest BCUT2D eigenvalue weighted by molar-refractivity contribution is 0.0636. The van der Waals surface area contributed by atoms with Crippen molar-refractivity contribution in [3.8, 4) is 17.2 Å². The Labute approximate surface area is 165 Å². The maximum absolute atomic E-state index is 13.1. The number of amides is 1. The first-order valence-corrected chi connectivity index (χ1v) is 9.27. The molecular weight excluding hydrogens is 358 g/mol. The number of hydrogen-bond acceptors (Lipinski definition) is 5. The van der Waals surface area contributed by atoms with Gasteiger partial charge in [0.2, 0.25) is 5.75 Å². The molecule has 0 aromatic heterocycles. The highest BCUT2D eigenvalue weighted by Gasteiger charge is 2.30. The van der Waals surface area contributed by atoms with Gasteiger partial charge in [-0.15, -0.1) is 0 Å². The molecule has 1 atom stereocenters. The first-order valence-electron chi connectivity index (χ1n) is 9.27. The van der Waals surface area contributed by atoms with Gasteiger partial charge in [0.1, 0.15) is 0 Å². The van der Waals surface area contributed by atoms with Crippen molar-refractivity contribution in [2.75, 3.05) is 34.4 Å². The van der Waals surface area contributed by atoms with Crippen LogP contribution in [0.15, 0.2) is 42.5 Å². The molecule has 1 amide bonds. The van der Waals surface area contributed by atoms with Gasteiger partial charge in [-0.05, 0) is 25.0 Å². The number of methoxy groups -OCH3 is 3. The van der Waals surface area contributed by atoms with Crippen LogP contribution in [-0.4, -0.2) is 51.0 Å². The second-order valence-electron chi connectivity index (χ2n) is 6.73. The predicted octanol–water partition coefficient (Wildman–Crippen LogP) is 3.45. The number of benzene rings is 2. The molecule has 0 spiro atoms. The molecule has 2 aromatic carbocycles. The largest absolute Gasteiger partial charge is 0.493 e. The summed E-state index contributed by atoms with van der Waals surface area (Å²) in [5.41, 5.74) is 1.14. The summed E-state index contributed by atoms with van der Waals surface area (Å²) in [6, 6.07) is 12.5. The average molecular weight is 383 g/mol. The van der Waals surface area contributed by atoms with E-state index in [2.05, 4.69) is 0 Å². The minimum absolute atomic E-state index is 0.0861. The number of ketones is 1. The van der Waals surface area contributed by atoms with Gasteiger partial charge in [0.25, 0.3) is 5.91 Å². The normalized spacial score (nSPS) is 16.4. The Morgan fingerprint density at radius 3 is 2.14 bits per heavy atom. The van der Waals surface area contributed by atoms with Crippen LogP contribution >= 0.6 is 0 Å². The van der Waals surface area contributed by atoms with Crippen molar-refractivity contribution < 1.29 is 23.8 Å². The third-order valence-corrected chi connectivity index (χ3v) is 5.05. The van der Waals surface area contributed by atoms with E-state index in [0.717, 1.165) is 12.8 Å². The van der Waals surface area contributed by atoms with Crippen LogP contribution < -0.4 is 14.2 Å². The van der Waals surface area contributed by atoms with E-state index in [1.807, 2.05) is 30.3 Å². The zero-order valence-electron chi connectivity index (χ0n) is 16.4.